The summed E-state index contributed by atoms with van der Waals surface area (Å²) < 4.78 is 1.70. The minimum Gasteiger partial charge on any atom is -0.309 e. The predicted molar refractivity (Wildman–Crippen MR) is 83.7 cm³/mol. The molecule has 0 bridgehead atoms. The van der Waals surface area contributed by atoms with E-state index < -0.39 is 0 Å². The number of aromatic nitrogens is 3. The van der Waals surface area contributed by atoms with E-state index in [-0.39, 0.29) is 11.2 Å². The topological polar surface area (TPSA) is 51.0 Å². The first-order valence-corrected chi connectivity index (χ1v) is 7.98. The normalized spacial score (nSPS) is 19.0. The molecule has 0 aromatic carbocycles. The molecule has 1 aliphatic rings. The number of carbonyl (C=O) groups is 1. The van der Waals surface area contributed by atoms with E-state index in [2.05, 4.69) is 10.1 Å². The molecule has 1 saturated heterocycles. The Morgan fingerprint density at radius 2 is 2.33 bits per heavy atom. The maximum atomic E-state index is 12.6. The molecular formula is C14H15ClN4OS. The number of aryl methyl sites for hydroxylation is 1. The van der Waals surface area contributed by atoms with Crippen molar-refractivity contribution in [3.8, 4) is 0 Å². The van der Waals surface area contributed by atoms with Gasteiger partial charge in [0.05, 0.1) is 22.2 Å². The minimum absolute atomic E-state index is 0.0981. The van der Waals surface area contributed by atoms with E-state index in [1.54, 1.807) is 34.1 Å². The van der Waals surface area contributed by atoms with Crippen LogP contribution in [0.2, 0.25) is 5.02 Å². The van der Waals surface area contributed by atoms with Crippen molar-refractivity contribution in [1.82, 2.24) is 14.8 Å². The first-order chi connectivity index (χ1) is 10.1. The van der Waals surface area contributed by atoms with Crippen molar-refractivity contribution in [2.24, 2.45) is 7.05 Å². The Bertz CT molecular complexity index is 660. The highest BCUT2D eigenvalue weighted by Gasteiger charge is 2.31. The Hall–Kier alpha value is -1.53. The number of pyridine rings is 1. The number of thioether (sulfide) groups is 1. The van der Waals surface area contributed by atoms with Crippen molar-refractivity contribution >= 4 is 35.0 Å². The molecule has 1 amide bonds. The van der Waals surface area contributed by atoms with Crippen LogP contribution in [-0.2, 0) is 11.8 Å². The number of carbonyl (C=O) groups excluding carboxylic acids is 1. The molecule has 3 heterocycles. The molecule has 3 rings (SSSR count). The minimum atomic E-state index is -0.147. The monoisotopic (exact) mass is 322 g/mol. The van der Waals surface area contributed by atoms with Crippen LogP contribution < -0.4 is 4.90 Å². The van der Waals surface area contributed by atoms with Crippen LogP contribution in [-0.4, -0.2) is 32.5 Å². The van der Waals surface area contributed by atoms with Crippen LogP contribution in [0.25, 0.3) is 0 Å². The average molecular weight is 323 g/mol. The Morgan fingerprint density at radius 3 is 3.05 bits per heavy atom. The summed E-state index contributed by atoms with van der Waals surface area (Å²) in [6.07, 6.45) is 7.08. The highest BCUT2D eigenvalue weighted by Crippen LogP contribution is 2.34. The molecule has 2 aromatic rings. The summed E-state index contributed by atoms with van der Waals surface area (Å²) in [4.78, 5) is 18.7. The highest BCUT2D eigenvalue weighted by atomic mass is 35.5. The molecule has 5 nitrogen and oxygen atoms in total. The van der Waals surface area contributed by atoms with Gasteiger partial charge in [0.2, 0.25) is 5.91 Å². The van der Waals surface area contributed by atoms with E-state index in [4.69, 9.17) is 11.6 Å². The molecule has 1 atom stereocenters. The Balaban J connectivity index is 1.78. The fraction of sp³-hybridized carbons (Fsp3) is 0.357. The molecule has 110 valence electrons. The highest BCUT2D eigenvalue weighted by molar-refractivity contribution is 8.00. The maximum Gasteiger partial charge on any atom is 0.240 e. The summed E-state index contributed by atoms with van der Waals surface area (Å²) in [5.74, 6) is 0.0981. The summed E-state index contributed by atoms with van der Waals surface area (Å²) in [6, 6.07) is 3.58. The Morgan fingerprint density at radius 1 is 1.48 bits per heavy atom. The molecule has 7 heteroatoms. The van der Waals surface area contributed by atoms with Crippen LogP contribution in [0.3, 0.4) is 0 Å². The van der Waals surface area contributed by atoms with Gasteiger partial charge in [0.25, 0.3) is 0 Å². The van der Waals surface area contributed by atoms with Crippen molar-refractivity contribution in [2.75, 3.05) is 11.4 Å². The molecule has 1 aliphatic heterocycles. The molecule has 0 saturated carbocycles. The molecular weight excluding hydrogens is 308 g/mol. The standard InChI is InChI=1S/C14H15ClN4OS/c1-18-9-10(8-17-18)19-7-3-5-12(14(19)20)21-13-11(15)4-2-6-16-13/h2,4,6,8-9,12H,3,5,7H2,1H3/t12-/m0/s1. The fourth-order valence-electron chi connectivity index (χ4n) is 2.35. The first-order valence-electron chi connectivity index (χ1n) is 6.72. The Labute approximate surface area is 132 Å². The number of piperidine rings is 1. The molecule has 0 N–H and O–H groups in total. The van der Waals surface area contributed by atoms with E-state index >= 15 is 0 Å². The molecule has 1 fully saturated rings. The lowest BCUT2D eigenvalue weighted by molar-refractivity contribution is -0.119. The van der Waals surface area contributed by atoms with E-state index in [0.717, 1.165) is 25.1 Å². The quantitative estimate of drug-likeness (QED) is 0.872. The first kappa shape index (κ1) is 14.4. The van der Waals surface area contributed by atoms with E-state index in [0.29, 0.717) is 10.0 Å². The predicted octanol–water partition coefficient (Wildman–Crippen LogP) is 2.76. The van der Waals surface area contributed by atoms with Crippen LogP contribution in [0.4, 0.5) is 5.69 Å². The van der Waals surface area contributed by atoms with E-state index in [9.17, 15) is 4.79 Å². The van der Waals surface area contributed by atoms with Gasteiger partial charge >= 0.3 is 0 Å². The molecule has 0 spiro atoms. The third-order valence-corrected chi connectivity index (χ3v) is 5.06. The van der Waals surface area contributed by atoms with Gasteiger partial charge in [-0.2, -0.15) is 5.10 Å². The van der Waals surface area contributed by atoms with Crippen molar-refractivity contribution < 1.29 is 4.79 Å². The smallest absolute Gasteiger partial charge is 0.240 e. The zero-order valence-corrected chi connectivity index (χ0v) is 13.1. The molecule has 21 heavy (non-hydrogen) atoms. The van der Waals surface area contributed by atoms with Crippen molar-refractivity contribution in [1.29, 1.82) is 0 Å². The van der Waals surface area contributed by atoms with E-state index in [1.807, 2.05) is 13.2 Å². The second-order valence-corrected chi connectivity index (χ2v) is 6.50. The van der Waals surface area contributed by atoms with Gasteiger partial charge < -0.3 is 4.90 Å². The van der Waals surface area contributed by atoms with Gasteiger partial charge in [-0.15, -0.1) is 0 Å². The fourth-order valence-corrected chi connectivity index (χ4v) is 3.69. The molecule has 0 aliphatic carbocycles. The number of nitrogens with zero attached hydrogens (tertiary/aromatic N) is 4. The third kappa shape index (κ3) is 3.06. The van der Waals surface area contributed by atoms with E-state index in [1.165, 1.54) is 11.8 Å². The van der Waals surface area contributed by atoms with Crippen molar-refractivity contribution in [3.05, 3.63) is 35.7 Å². The summed E-state index contributed by atoms with van der Waals surface area (Å²) in [7, 11) is 1.85. The van der Waals surface area contributed by atoms with Crippen LogP contribution in [0.15, 0.2) is 35.7 Å². The average Bonchev–Trinajstić information content (AvgIpc) is 2.90. The molecule has 2 aromatic heterocycles. The van der Waals surface area contributed by atoms with Gasteiger partial charge in [-0.25, -0.2) is 4.98 Å². The summed E-state index contributed by atoms with van der Waals surface area (Å²) in [5, 5.41) is 5.29. The zero-order valence-electron chi connectivity index (χ0n) is 11.6. The third-order valence-electron chi connectivity index (χ3n) is 3.37. The lowest BCUT2D eigenvalue weighted by Gasteiger charge is -2.30. The number of halogens is 1. The summed E-state index contributed by atoms with van der Waals surface area (Å²) in [5.41, 5.74) is 0.847. The number of amides is 1. The number of anilines is 1. The largest absolute Gasteiger partial charge is 0.309 e. The second kappa shape index (κ2) is 6.07. The number of hydrogen-bond donors (Lipinski definition) is 0. The summed E-state index contributed by atoms with van der Waals surface area (Å²) in [6.45, 7) is 0.734. The Kier molecular flexibility index (Phi) is 4.17. The zero-order chi connectivity index (χ0) is 14.8. The maximum absolute atomic E-state index is 12.6. The van der Waals surface area contributed by atoms with Gasteiger partial charge in [0, 0.05) is 26.0 Å². The summed E-state index contributed by atoms with van der Waals surface area (Å²) >= 11 is 7.57. The van der Waals surface area contributed by atoms with Crippen LogP contribution in [0.1, 0.15) is 12.8 Å². The molecule has 0 unspecified atom stereocenters. The SMILES string of the molecule is Cn1cc(N2CCC[C@H](Sc3ncccc3Cl)C2=O)cn1. The van der Waals surface area contributed by atoms with Crippen LogP contribution in [0, 0.1) is 0 Å². The van der Waals surface area contributed by atoms with Crippen molar-refractivity contribution in [3.63, 3.8) is 0 Å². The van der Waals surface area contributed by atoms with Gasteiger partial charge in [-0.3, -0.25) is 9.48 Å². The van der Waals surface area contributed by atoms with Gasteiger partial charge in [-0.05, 0) is 25.0 Å². The lowest BCUT2D eigenvalue weighted by Crippen LogP contribution is -2.42. The van der Waals surface area contributed by atoms with Crippen LogP contribution >= 0.6 is 23.4 Å². The van der Waals surface area contributed by atoms with Gasteiger partial charge in [0.15, 0.2) is 0 Å². The van der Waals surface area contributed by atoms with Crippen molar-refractivity contribution in [2.45, 2.75) is 23.1 Å². The van der Waals surface area contributed by atoms with Crippen LogP contribution in [0.5, 0.6) is 0 Å². The lowest BCUT2D eigenvalue weighted by atomic mass is 10.1. The number of hydrogen-bond acceptors (Lipinski definition) is 4. The van der Waals surface area contributed by atoms with Gasteiger partial charge in [-0.1, -0.05) is 23.4 Å². The number of rotatable bonds is 3. The molecule has 0 radical (unpaired) electrons. The van der Waals surface area contributed by atoms with Gasteiger partial charge in [0.1, 0.15) is 5.03 Å². The second-order valence-electron chi connectivity index (χ2n) is 4.90.